The van der Waals surface area contributed by atoms with Crippen molar-refractivity contribution in [2.45, 2.75) is 18.9 Å². The number of para-hydroxylation sites is 1. The maximum absolute atomic E-state index is 13.8. The normalized spacial score (nSPS) is 19.1. The number of carbonyl (C=O) groups is 1. The SMILES string of the molecule is O=C1CC(n2c(CCCl)nc3c(F)cccc32)CN1. The van der Waals surface area contributed by atoms with Gasteiger partial charge in [0.05, 0.1) is 11.6 Å². The van der Waals surface area contributed by atoms with E-state index in [9.17, 15) is 9.18 Å². The van der Waals surface area contributed by atoms with Crippen molar-refractivity contribution in [3.05, 3.63) is 29.8 Å². The quantitative estimate of drug-likeness (QED) is 0.875. The number of halogens is 2. The van der Waals surface area contributed by atoms with Crippen molar-refractivity contribution in [1.29, 1.82) is 0 Å². The van der Waals surface area contributed by atoms with E-state index in [1.165, 1.54) is 6.07 Å². The summed E-state index contributed by atoms with van der Waals surface area (Å²) in [6, 6.07) is 4.86. The molecule has 0 aliphatic carbocycles. The molecule has 1 unspecified atom stereocenters. The van der Waals surface area contributed by atoms with Gasteiger partial charge >= 0.3 is 0 Å². The molecular formula is C13H13ClFN3O. The second-order valence-electron chi connectivity index (χ2n) is 4.61. The highest BCUT2D eigenvalue weighted by atomic mass is 35.5. The smallest absolute Gasteiger partial charge is 0.222 e. The number of imidazole rings is 1. The molecule has 6 heteroatoms. The molecule has 2 aromatic rings. The zero-order valence-electron chi connectivity index (χ0n) is 10.2. The molecule has 0 saturated carbocycles. The van der Waals surface area contributed by atoms with Crippen LogP contribution in [0, 0.1) is 5.82 Å². The molecule has 19 heavy (non-hydrogen) atoms. The molecule has 100 valence electrons. The number of carbonyl (C=O) groups excluding carboxylic acids is 1. The first-order chi connectivity index (χ1) is 9.20. The maximum Gasteiger partial charge on any atom is 0.222 e. The average molecular weight is 282 g/mol. The van der Waals surface area contributed by atoms with Crippen LogP contribution >= 0.6 is 11.6 Å². The summed E-state index contributed by atoms with van der Waals surface area (Å²) < 4.78 is 15.7. The van der Waals surface area contributed by atoms with Gasteiger partial charge in [-0.15, -0.1) is 11.6 Å². The number of hydrogen-bond acceptors (Lipinski definition) is 2. The topological polar surface area (TPSA) is 46.9 Å². The maximum atomic E-state index is 13.8. The number of benzene rings is 1. The molecule has 1 aromatic heterocycles. The van der Waals surface area contributed by atoms with Crippen LogP contribution in [0.4, 0.5) is 4.39 Å². The summed E-state index contributed by atoms with van der Waals surface area (Å²) in [5.41, 5.74) is 1.07. The molecule has 1 aromatic carbocycles. The van der Waals surface area contributed by atoms with Crippen LogP contribution in [-0.2, 0) is 11.2 Å². The Bertz CT molecular complexity index is 640. The molecule has 1 atom stereocenters. The van der Waals surface area contributed by atoms with Crippen LogP contribution in [0.1, 0.15) is 18.3 Å². The average Bonchev–Trinajstić information content (AvgIpc) is 2.94. The van der Waals surface area contributed by atoms with E-state index in [0.29, 0.717) is 30.8 Å². The summed E-state index contributed by atoms with van der Waals surface area (Å²) in [6.45, 7) is 0.552. The minimum absolute atomic E-state index is 0.0140. The monoisotopic (exact) mass is 281 g/mol. The van der Waals surface area contributed by atoms with Crippen LogP contribution in [0.15, 0.2) is 18.2 Å². The van der Waals surface area contributed by atoms with Gasteiger partial charge in [-0.2, -0.15) is 0 Å². The van der Waals surface area contributed by atoms with E-state index in [0.717, 1.165) is 11.3 Å². The van der Waals surface area contributed by atoms with Crippen molar-refractivity contribution >= 4 is 28.5 Å². The third-order valence-corrected chi connectivity index (χ3v) is 3.57. The van der Waals surface area contributed by atoms with Gasteiger partial charge < -0.3 is 9.88 Å². The zero-order valence-corrected chi connectivity index (χ0v) is 11.0. The lowest BCUT2D eigenvalue weighted by Gasteiger charge is -2.14. The largest absolute Gasteiger partial charge is 0.354 e. The fourth-order valence-corrected chi connectivity index (χ4v) is 2.74. The molecule has 1 aliphatic heterocycles. The third kappa shape index (κ3) is 2.08. The Morgan fingerprint density at radius 1 is 1.53 bits per heavy atom. The van der Waals surface area contributed by atoms with E-state index in [1.807, 2.05) is 10.6 Å². The van der Waals surface area contributed by atoms with Crippen molar-refractivity contribution in [2.24, 2.45) is 0 Å². The molecular weight excluding hydrogens is 269 g/mol. The molecule has 0 radical (unpaired) electrons. The van der Waals surface area contributed by atoms with E-state index in [4.69, 9.17) is 11.6 Å². The van der Waals surface area contributed by atoms with Crippen molar-refractivity contribution in [1.82, 2.24) is 14.9 Å². The van der Waals surface area contributed by atoms with Crippen LogP contribution in [0.5, 0.6) is 0 Å². The van der Waals surface area contributed by atoms with Crippen LogP contribution in [0.2, 0.25) is 0 Å². The summed E-state index contributed by atoms with van der Waals surface area (Å²) in [4.78, 5) is 15.7. The van der Waals surface area contributed by atoms with Gasteiger partial charge in [0.15, 0.2) is 5.82 Å². The lowest BCUT2D eigenvalue weighted by Crippen LogP contribution is -2.17. The number of amides is 1. The fourth-order valence-electron chi connectivity index (χ4n) is 2.57. The molecule has 0 bridgehead atoms. The number of rotatable bonds is 3. The Kier molecular flexibility index (Phi) is 3.14. The Balaban J connectivity index is 2.16. The highest BCUT2D eigenvalue weighted by Crippen LogP contribution is 2.27. The van der Waals surface area contributed by atoms with Crippen LogP contribution < -0.4 is 5.32 Å². The number of nitrogens with zero attached hydrogens (tertiary/aromatic N) is 2. The zero-order chi connectivity index (χ0) is 13.4. The first-order valence-corrected chi connectivity index (χ1v) is 6.72. The van der Waals surface area contributed by atoms with Gasteiger partial charge in [0.2, 0.25) is 5.91 Å². The first kappa shape index (κ1) is 12.4. The van der Waals surface area contributed by atoms with Gasteiger partial charge in [-0.1, -0.05) is 6.07 Å². The number of fused-ring (bicyclic) bond motifs is 1. The summed E-state index contributed by atoms with van der Waals surface area (Å²) >= 11 is 5.78. The van der Waals surface area contributed by atoms with Crippen molar-refractivity contribution < 1.29 is 9.18 Å². The molecule has 1 aliphatic rings. The molecule has 4 nitrogen and oxygen atoms in total. The highest BCUT2D eigenvalue weighted by Gasteiger charge is 2.27. The number of nitrogens with one attached hydrogen (secondary N) is 1. The van der Waals surface area contributed by atoms with E-state index in [1.54, 1.807) is 6.07 Å². The number of aromatic nitrogens is 2. The number of alkyl halides is 1. The minimum atomic E-state index is -0.343. The van der Waals surface area contributed by atoms with Gasteiger partial charge in [-0.3, -0.25) is 4.79 Å². The van der Waals surface area contributed by atoms with Gasteiger partial charge in [0, 0.05) is 25.3 Å². The molecule has 1 amide bonds. The fraction of sp³-hybridized carbons (Fsp3) is 0.385. The molecule has 0 spiro atoms. The lowest BCUT2D eigenvalue weighted by molar-refractivity contribution is -0.119. The van der Waals surface area contributed by atoms with E-state index >= 15 is 0 Å². The molecule has 1 saturated heterocycles. The van der Waals surface area contributed by atoms with Crippen LogP contribution in [0.3, 0.4) is 0 Å². The van der Waals surface area contributed by atoms with Crippen LogP contribution in [-0.4, -0.2) is 27.9 Å². The predicted molar refractivity (Wildman–Crippen MR) is 70.8 cm³/mol. The molecule has 3 rings (SSSR count). The van der Waals surface area contributed by atoms with Gasteiger partial charge in [-0.25, -0.2) is 9.37 Å². The van der Waals surface area contributed by atoms with Gasteiger partial charge in [-0.05, 0) is 12.1 Å². The van der Waals surface area contributed by atoms with E-state index < -0.39 is 0 Å². The highest BCUT2D eigenvalue weighted by molar-refractivity contribution is 6.17. The lowest BCUT2D eigenvalue weighted by atomic mass is 10.2. The summed E-state index contributed by atoms with van der Waals surface area (Å²) in [6.07, 6.45) is 0.956. The van der Waals surface area contributed by atoms with Crippen molar-refractivity contribution in [2.75, 3.05) is 12.4 Å². The Morgan fingerprint density at radius 2 is 2.37 bits per heavy atom. The summed E-state index contributed by atoms with van der Waals surface area (Å²) in [5, 5.41) is 2.79. The number of aryl methyl sites for hydroxylation is 1. The van der Waals surface area contributed by atoms with Gasteiger partial charge in [0.25, 0.3) is 0 Å². The number of hydrogen-bond donors (Lipinski definition) is 1. The van der Waals surface area contributed by atoms with Gasteiger partial charge in [0.1, 0.15) is 11.3 Å². The minimum Gasteiger partial charge on any atom is -0.354 e. The third-order valence-electron chi connectivity index (χ3n) is 3.38. The second-order valence-corrected chi connectivity index (χ2v) is 4.98. The van der Waals surface area contributed by atoms with Crippen molar-refractivity contribution in [3.8, 4) is 0 Å². The Hall–Kier alpha value is -1.62. The van der Waals surface area contributed by atoms with E-state index in [-0.39, 0.29) is 17.8 Å². The first-order valence-electron chi connectivity index (χ1n) is 6.18. The second kappa shape index (κ2) is 4.81. The molecule has 1 fully saturated rings. The standard InChI is InChI=1S/C13H13ClFN3O/c14-5-4-11-17-13-9(15)2-1-3-10(13)18(11)8-6-12(19)16-7-8/h1-3,8H,4-7H2,(H,16,19). The Morgan fingerprint density at radius 3 is 3.05 bits per heavy atom. The molecule has 1 N–H and O–H groups in total. The molecule has 2 heterocycles. The van der Waals surface area contributed by atoms with Crippen LogP contribution in [0.25, 0.3) is 11.0 Å². The van der Waals surface area contributed by atoms with E-state index in [2.05, 4.69) is 10.3 Å². The van der Waals surface area contributed by atoms with Crippen molar-refractivity contribution in [3.63, 3.8) is 0 Å². The summed E-state index contributed by atoms with van der Waals surface area (Å²) in [5.74, 6) is 0.819. The Labute approximate surface area is 114 Å². The summed E-state index contributed by atoms with van der Waals surface area (Å²) in [7, 11) is 0. The predicted octanol–water partition coefficient (Wildman–Crippen LogP) is 2.02.